The van der Waals surface area contributed by atoms with Gasteiger partial charge in [0.1, 0.15) is 0 Å². The number of rotatable bonds is 4. The van der Waals surface area contributed by atoms with E-state index in [2.05, 4.69) is 174 Å². The molecule has 13 rings (SSSR count). The van der Waals surface area contributed by atoms with Crippen molar-refractivity contribution >= 4 is 28.8 Å². The quantitative estimate of drug-likeness (QED) is 0.175. The molecule has 1 nitrogen and oxygen atoms in total. The second-order valence-corrected chi connectivity index (χ2v) is 22.7. The molecule has 0 amide bonds. The minimum Gasteiger partial charge on any atom is -0.310 e. The summed E-state index contributed by atoms with van der Waals surface area (Å²) in [5.74, 6) is 3.56. The summed E-state index contributed by atoms with van der Waals surface area (Å²) in [5.41, 5.74) is 19.3. The van der Waals surface area contributed by atoms with Crippen LogP contribution in [0.4, 0.5) is 17.1 Å². The van der Waals surface area contributed by atoms with Crippen LogP contribution < -0.4 is 4.90 Å². The predicted octanol–water partition coefficient (Wildman–Crippen LogP) is 15.3. The molecule has 294 valence electrons. The third kappa shape index (κ3) is 4.30. The monoisotopic (exact) mass is 785 g/mol. The lowest BCUT2D eigenvalue weighted by molar-refractivity contribution is -0.235. The van der Waals surface area contributed by atoms with Crippen molar-refractivity contribution in [3.63, 3.8) is 0 Å². The second-order valence-electron chi connectivity index (χ2n) is 21.6. The summed E-state index contributed by atoms with van der Waals surface area (Å²) in [6.07, 6.45) is 8.30. The van der Waals surface area contributed by atoms with Gasteiger partial charge in [0.15, 0.2) is 0 Å². The third-order valence-corrected chi connectivity index (χ3v) is 19.1. The van der Waals surface area contributed by atoms with E-state index in [1.807, 2.05) is 11.8 Å². The molecular formula is C57H55NS. The molecule has 6 aliphatic carbocycles. The second kappa shape index (κ2) is 11.4. The highest BCUT2D eigenvalue weighted by Crippen LogP contribution is 2.89. The fourth-order valence-electron chi connectivity index (χ4n) is 15.1. The van der Waals surface area contributed by atoms with Crippen LogP contribution in [0.25, 0.3) is 22.3 Å². The van der Waals surface area contributed by atoms with Crippen LogP contribution in [0.5, 0.6) is 0 Å². The number of fused-ring (bicyclic) bond motifs is 11. The highest BCUT2D eigenvalue weighted by molar-refractivity contribution is 7.99. The molecule has 7 aliphatic rings. The molecule has 2 heteroatoms. The van der Waals surface area contributed by atoms with Crippen LogP contribution in [0, 0.1) is 29.1 Å². The van der Waals surface area contributed by atoms with E-state index in [9.17, 15) is 0 Å². The first-order valence-electron chi connectivity index (χ1n) is 22.6. The number of nitrogens with zero attached hydrogens (tertiary/aromatic N) is 1. The Balaban J connectivity index is 0.944. The van der Waals surface area contributed by atoms with Crippen molar-refractivity contribution in [2.75, 3.05) is 4.90 Å². The summed E-state index contributed by atoms with van der Waals surface area (Å²) in [5, 5.41) is 0. The number of anilines is 3. The average Bonchev–Trinajstić information content (AvgIpc) is 3.85. The van der Waals surface area contributed by atoms with Crippen molar-refractivity contribution in [1.82, 2.24) is 0 Å². The lowest BCUT2D eigenvalue weighted by Gasteiger charge is -2.78. The van der Waals surface area contributed by atoms with Crippen molar-refractivity contribution in [1.29, 1.82) is 0 Å². The molecule has 0 radical (unpaired) electrons. The Morgan fingerprint density at radius 2 is 1.14 bits per heavy atom. The number of benzene rings is 6. The number of hydrogen-bond acceptors (Lipinski definition) is 2. The third-order valence-electron chi connectivity index (χ3n) is 17.9. The Kier molecular flexibility index (Phi) is 6.83. The van der Waals surface area contributed by atoms with Crippen LogP contribution in [-0.2, 0) is 21.7 Å². The van der Waals surface area contributed by atoms with Gasteiger partial charge in [0.05, 0.1) is 0 Å². The van der Waals surface area contributed by atoms with Gasteiger partial charge in [-0.15, -0.1) is 0 Å². The zero-order chi connectivity index (χ0) is 39.8. The van der Waals surface area contributed by atoms with Gasteiger partial charge >= 0.3 is 0 Å². The fraction of sp³-hybridized carbons (Fsp3) is 0.368. The Morgan fingerprint density at radius 1 is 0.508 bits per heavy atom. The summed E-state index contributed by atoms with van der Waals surface area (Å²) < 4.78 is 0. The summed E-state index contributed by atoms with van der Waals surface area (Å²) in [6, 6.07) is 50.1. The van der Waals surface area contributed by atoms with Gasteiger partial charge in [0.2, 0.25) is 0 Å². The first kappa shape index (κ1) is 35.2. The summed E-state index contributed by atoms with van der Waals surface area (Å²) >= 11 is 2.04. The number of hydrogen-bond donors (Lipinski definition) is 0. The minimum absolute atomic E-state index is 0.0715. The zero-order valence-electron chi connectivity index (χ0n) is 35.5. The van der Waals surface area contributed by atoms with Crippen LogP contribution in [-0.4, -0.2) is 0 Å². The highest BCUT2D eigenvalue weighted by atomic mass is 32.2. The Hall–Kier alpha value is -4.53. The van der Waals surface area contributed by atoms with Crippen LogP contribution in [0.1, 0.15) is 113 Å². The highest BCUT2D eigenvalue weighted by Gasteiger charge is 2.84. The van der Waals surface area contributed by atoms with Crippen molar-refractivity contribution < 1.29 is 0 Å². The van der Waals surface area contributed by atoms with Gasteiger partial charge in [-0.2, -0.15) is 0 Å². The van der Waals surface area contributed by atoms with E-state index in [0.29, 0.717) is 5.41 Å². The molecule has 0 aromatic heterocycles. The smallest absolute Gasteiger partial charge is 0.0465 e. The van der Waals surface area contributed by atoms with E-state index in [-0.39, 0.29) is 21.7 Å². The van der Waals surface area contributed by atoms with Crippen LogP contribution in [0.15, 0.2) is 137 Å². The van der Waals surface area contributed by atoms with Crippen molar-refractivity contribution in [3.05, 3.63) is 161 Å². The van der Waals surface area contributed by atoms with Crippen molar-refractivity contribution in [2.45, 2.75) is 112 Å². The molecule has 2 spiro atoms. The molecule has 6 aromatic rings. The molecule has 0 N–H and O–H groups in total. The molecule has 6 atom stereocenters. The Bertz CT molecular complexity index is 2790. The van der Waals surface area contributed by atoms with E-state index in [0.717, 1.165) is 23.7 Å². The van der Waals surface area contributed by atoms with Crippen molar-refractivity contribution in [3.8, 4) is 22.3 Å². The van der Waals surface area contributed by atoms with E-state index in [1.165, 1.54) is 110 Å². The first-order valence-corrected chi connectivity index (χ1v) is 23.5. The Labute approximate surface area is 355 Å². The average molecular weight is 786 g/mol. The normalized spacial score (nSPS) is 29.6. The van der Waals surface area contributed by atoms with Gasteiger partial charge in [-0.25, -0.2) is 0 Å². The van der Waals surface area contributed by atoms with Crippen LogP contribution in [0.3, 0.4) is 0 Å². The molecule has 6 unspecified atom stereocenters. The molecule has 0 saturated heterocycles. The maximum atomic E-state index is 2.54. The van der Waals surface area contributed by atoms with Crippen LogP contribution >= 0.6 is 11.8 Å². The molecule has 4 saturated carbocycles. The van der Waals surface area contributed by atoms with E-state index < -0.39 is 0 Å². The molecule has 1 heterocycles. The van der Waals surface area contributed by atoms with Gasteiger partial charge in [0, 0.05) is 37.7 Å². The topological polar surface area (TPSA) is 3.24 Å². The summed E-state index contributed by atoms with van der Waals surface area (Å²) in [6.45, 7) is 14.6. The van der Waals surface area contributed by atoms with E-state index >= 15 is 0 Å². The molecule has 59 heavy (non-hydrogen) atoms. The molecule has 1 aliphatic heterocycles. The van der Waals surface area contributed by atoms with E-state index in [4.69, 9.17) is 0 Å². The van der Waals surface area contributed by atoms with Crippen molar-refractivity contribution in [2.24, 2.45) is 29.1 Å². The maximum Gasteiger partial charge on any atom is 0.0465 e. The summed E-state index contributed by atoms with van der Waals surface area (Å²) in [7, 11) is 0. The first-order chi connectivity index (χ1) is 28.4. The Morgan fingerprint density at radius 3 is 1.93 bits per heavy atom. The molecular weight excluding hydrogens is 731 g/mol. The lowest BCUT2D eigenvalue weighted by Crippen LogP contribution is -2.74. The van der Waals surface area contributed by atoms with Gasteiger partial charge in [-0.05, 0) is 177 Å². The van der Waals surface area contributed by atoms with Gasteiger partial charge in [0.25, 0.3) is 0 Å². The predicted molar refractivity (Wildman–Crippen MR) is 246 cm³/mol. The lowest BCUT2D eigenvalue weighted by atomic mass is 9.26. The maximum absolute atomic E-state index is 2.54. The minimum atomic E-state index is -0.0715. The molecule has 6 aromatic carbocycles. The zero-order valence-corrected chi connectivity index (χ0v) is 36.3. The fourth-order valence-corrected chi connectivity index (χ4v) is 16.5. The van der Waals surface area contributed by atoms with Gasteiger partial charge in [-0.3, -0.25) is 0 Å². The SMILES string of the molecule is CC1(C)CCC(C)(C)c2cc(N(c3ccc(-c4cccc5c4Sc4ccccc4C54C5CC6CC7CC4C75C6)cc3)c3ccc4c(c3)C(C)(C)c3ccccc3-4)ccc21. The molecule has 4 fully saturated rings. The van der Waals surface area contributed by atoms with Gasteiger partial charge in [-0.1, -0.05) is 138 Å². The van der Waals surface area contributed by atoms with Gasteiger partial charge < -0.3 is 4.90 Å². The standard InChI is InChI=1S/C57H55NS/c1-53(2)26-27-54(3,4)48-32-39(23-25-44(48)53)58(38-22-24-42-41-12-7-8-14-43(41)55(5,6)47(42)31-38)37-20-18-35(19-21-37)40-13-11-16-46-52(40)59-49-17-10-9-15-45(49)57(46)50-29-34-28-36-30-51(57)56(36,50)33-34/h7-25,31-32,34,36,50-51H,26-30,33H2,1-6H3. The van der Waals surface area contributed by atoms with E-state index in [1.54, 1.807) is 11.1 Å². The van der Waals surface area contributed by atoms with Crippen LogP contribution in [0.2, 0.25) is 0 Å². The molecule has 2 bridgehead atoms. The summed E-state index contributed by atoms with van der Waals surface area (Å²) in [4.78, 5) is 5.55. The largest absolute Gasteiger partial charge is 0.310 e.